The number of alkyl halides is 3. The fourth-order valence-corrected chi connectivity index (χ4v) is 0.822. The first-order chi connectivity index (χ1) is 6.25. The van der Waals surface area contributed by atoms with Gasteiger partial charge in [-0.1, -0.05) is 6.07 Å². The summed E-state index contributed by atoms with van der Waals surface area (Å²) >= 11 is 0. The number of aryl methyl sites for hydroxylation is 1. The molecule has 1 aromatic rings. The van der Waals surface area contributed by atoms with E-state index in [1.165, 1.54) is 6.92 Å². The molecule has 0 saturated carbocycles. The van der Waals surface area contributed by atoms with Crippen LogP contribution in [0.15, 0.2) is 18.2 Å². The van der Waals surface area contributed by atoms with Crippen LogP contribution in [0.5, 0.6) is 0 Å². The Morgan fingerprint density at radius 3 is 2.58 bits per heavy atom. The molecule has 2 N–H and O–H groups in total. The second-order valence-corrected chi connectivity index (χ2v) is 2.38. The van der Waals surface area contributed by atoms with Crippen LogP contribution >= 0.6 is 0 Å². The highest BCUT2D eigenvalue weighted by Gasteiger charge is 2.32. The molecule has 0 aromatic heterocycles. The normalized spacial score (nSPS) is 14.0. The first-order valence-corrected chi connectivity index (χ1v) is 3.18. The molecule has 0 bridgehead atoms. The predicted molar refractivity (Wildman–Crippen MR) is 40.6 cm³/mol. The third-order valence-electron chi connectivity index (χ3n) is 1.38. The van der Waals surface area contributed by atoms with Crippen LogP contribution in [0.4, 0.5) is 18.9 Å². The highest BCUT2D eigenvalue weighted by molar-refractivity contribution is 5.45. The van der Waals surface area contributed by atoms with Gasteiger partial charge in [0.1, 0.15) is 0 Å². The summed E-state index contributed by atoms with van der Waals surface area (Å²) in [6, 6.07) is -0.0566. The number of hydrogen-bond donors (Lipinski definition) is 1. The zero-order chi connectivity index (χ0) is 11.1. The Morgan fingerprint density at radius 1 is 1.50 bits per heavy atom. The van der Waals surface area contributed by atoms with Gasteiger partial charge in [0, 0.05) is 5.69 Å². The highest BCUT2D eigenvalue weighted by atomic mass is 19.4. The maximum atomic E-state index is 12.4. The molecule has 12 heavy (non-hydrogen) atoms. The van der Waals surface area contributed by atoms with Gasteiger partial charge in [0.2, 0.25) is 0 Å². The minimum Gasteiger partial charge on any atom is -0.399 e. The van der Waals surface area contributed by atoms with Crippen LogP contribution in [0, 0.1) is 6.92 Å². The van der Waals surface area contributed by atoms with Crippen LogP contribution < -0.4 is 5.73 Å². The van der Waals surface area contributed by atoms with Gasteiger partial charge in [0.25, 0.3) is 0 Å². The number of halogens is 3. The van der Waals surface area contributed by atoms with Crippen LogP contribution in [0.3, 0.4) is 0 Å². The van der Waals surface area contributed by atoms with E-state index in [0.29, 0.717) is 0 Å². The number of hydrogen-bond acceptors (Lipinski definition) is 1. The number of anilines is 1. The van der Waals surface area contributed by atoms with Gasteiger partial charge < -0.3 is 5.73 Å². The second kappa shape index (κ2) is 2.69. The summed E-state index contributed by atoms with van der Waals surface area (Å²) in [4.78, 5) is 0. The van der Waals surface area contributed by atoms with Gasteiger partial charge in [-0.3, -0.25) is 0 Å². The molecule has 0 aliphatic rings. The van der Waals surface area contributed by atoms with E-state index in [-0.39, 0.29) is 11.6 Å². The van der Waals surface area contributed by atoms with E-state index in [0.717, 1.165) is 6.07 Å². The molecule has 0 heterocycles. The van der Waals surface area contributed by atoms with E-state index in [2.05, 4.69) is 0 Å². The number of benzene rings is 1. The molecule has 0 aliphatic carbocycles. The zero-order valence-electron chi connectivity index (χ0n) is 8.29. The molecule has 0 radical (unpaired) electrons. The van der Waals surface area contributed by atoms with Crippen LogP contribution in [-0.4, -0.2) is 0 Å². The smallest absolute Gasteiger partial charge is 0.399 e. The average molecular weight is 177 g/mol. The van der Waals surface area contributed by atoms with E-state index >= 15 is 0 Å². The predicted octanol–water partition coefficient (Wildman–Crippen LogP) is 2.60. The second-order valence-electron chi connectivity index (χ2n) is 2.38. The molecule has 4 heteroatoms. The Balaban J connectivity index is 3.53. The quantitative estimate of drug-likeness (QED) is 0.605. The molecular formula is C8H8F3N. The minimum atomic E-state index is -4.59. The van der Waals surface area contributed by atoms with Crippen LogP contribution in [0.1, 0.15) is 13.9 Å². The van der Waals surface area contributed by atoms with Crippen molar-refractivity contribution in [3.05, 3.63) is 29.3 Å². The molecule has 0 spiro atoms. The summed E-state index contributed by atoms with van der Waals surface area (Å²) in [5.74, 6) is 0. The standard InChI is InChI=1S/C8H8F3N/c1-5-2-3-6(12)4-7(5)8(9,10)11/h2-4H,12H2,1H3/i3D,4D. The Kier molecular flexibility index (Phi) is 1.42. The summed E-state index contributed by atoms with van der Waals surface area (Å²) in [6.07, 6.45) is -4.59. The summed E-state index contributed by atoms with van der Waals surface area (Å²) < 4.78 is 51.5. The summed E-state index contributed by atoms with van der Waals surface area (Å²) in [5.41, 5.74) is 3.52. The molecule has 0 amide bonds. The van der Waals surface area contributed by atoms with Crippen LogP contribution in [0.2, 0.25) is 0 Å². The van der Waals surface area contributed by atoms with Crippen LogP contribution in [-0.2, 0) is 6.18 Å². The van der Waals surface area contributed by atoms with Gasteiger partial charge in [-0.05, 0) is 24.6 Å². The first kappa shape index (κ1) is 6.34. The zero-order valence-corrected chi connectivity index (χ0v) is 6.29. The van der Waals surface area contributed by atoms with E-state index < -0.39 is 23.5 Å². The molecule has 1 aromatic carbocycles. The third kappa shape index (κ3) is 1.69. The molecule has 1 nitrogen and oxygen atoms in total. The monoisotopic (exact) mass is 177 g/mol. The minimum absolute atomic E-state index is 0.151. The maximum absolute atomic E-state index is 12.4. The largest absolute Gasteiger partial charge is 0.416 e. The van der Waals surface area contributed by atoms with Crippen molar-refractivity contribution in [2.45, 2.75) is 13.1 Å². The molecule has 0 atom stereocenters. The fourth-order valence-electron chi connectivity index (χ4n) is 0.822. The summed E-state index contributed by atoms with van der Waals surface area (Å²) in [5, 5.41) is 0. The van der Waals surface area contributed by atoms with Crippen molar-refractivity contribution in [2.75, 3.05) is 5.73 Å². The molecule has 66 valence electrons. The van der Waals surface area contributed by atoms with Crippen molar-refractivity contribution in [1.82, 2.24) is 0 Å². The molecule has 0 aliphatic heterocycles. The number of nitrogen functional groups attached to an aromatic ring is 1. The molecule has 0 saturated heterocycles. The molecule has 0 unspecified atom stereocenters. The van der Waals surface area contributed by atoms with Gasteiger partial charge in [0.05, 0.1) is 8.30 Å². The highest BCUT2D eigenvalue weighted by Crippen LogP contribution is 2.32. The third-order valence-corrected chi connectivity index (χ3v) is 1.38. The van der Waals surface area contributed by atoms with Gasteiger partial charge >= 0.3 is 6.18 Å². The van der Waals surface area contributed by atoms with E-state index in [1.807, 2.05) is 0 Å². The Hall–Kier alpha value is -1.19. The van der Waals surface area contributed by atoms with Gasteiger partial charge in [-0.2, -0.15) is 13.2 Å². The Labute approximate surface area is 70.8 Å². The van der Waals surface area contributed by atoms with Crippen molar-refractivity contribution in [2.24, 2.45) is 0 Å². The molecule has 0 fully saturated rings. The van der Waals surface area contributed by atoms with Crippen molar-refractivity contribution >= 4 is 5.69 Å². The summed E-state index contributed by atoms with van der Waals surface area (Å²) in [7, 11) is 0. The lowest BCUT2D eigenvalue weighted by molar-refractivity contribution is -0.138. The van der Waals surface area contributed by atoms with E-state index in [9.17, 15) is 13.2 Å². The van der Waals surface area contributed by atoms with Crippen molar-refractivity contribution in [3.8, 4) is 0 Å². The Morgan fingerprint density at radius 2 is 2.08 bits per heavy atom. The van der Waals surface area contributed by atoms with Crippen molar-refractivity contribution in [1.29, 1.82) is 0 Å². The SMILES string of the molecule is [2H]c1cc(C)c(C(F)(F)F)c([2H])c1N. The lowest BCUT2D eigenvalue weighted by atomic mass is 10.1. The molecular weight excluding hydrogens is 167 g/mol. The lowest BCUT2D eigenvalue weighted by Gasteiger charge is -2.09. The lowest BCUT2D eigenvalue weighted by Crippen LogP contribution is -2.07. The van der Waals surface area contributed by atoms with Crippen molar-refractivity contribution < 1.29 is 15.9 Å². The number of nitrogens with two attached hydrogens (primary N) is 1. The average Bonchev–Trinajstić information content (AvgIpc) is 1.97. The molecule has 1 rings (SSSR count). The topological polar surface area (TPSA) is 26.0 Å². The Bertz CT molecular complexity index is 374. The fraction of sp³-hybridized carbons (Fsp3) is 0.250. The van der Waals surface area contributed by atoms with Gasteiger partial charge in [-0.25, -0.2) is 0 Å². The van der Waals surface area contributed by atoms with Crippen molar-refractivity contribution in [3.63, 3.8) is 0 Å². The maximum Gasteiger partial charge on any atom is 0.416 e. The van der Waals surface area contributed by atoms with E-state index in [1.54, 1.807) is 0 Å². The van der Waals surface area contributed by atoms with Gasteiger partial charge in [0.15, 0.2) is 0 Å². The van der Waals surface area contributed by atoms with Crippen LogP contribution in [0.25, 0.3) is 0 Å². The number of rotatable bonds is 0. The van der Waals surface area contributed by atoms with E-state index in [4.69, 9.17) is 8.48 Å². The summed E-state index contributed by atoms with van der Waals surface area (Å²) in [6.45, 7) is 1.21. The first-order valence-electron chi connectivity index (χ1n) is 4.18. The van der Waals surface area contributed by atoms with Gasteiger partial charge in [-0.15, -0.1) is 0 Å².